The van der Waals surface area contributed by atoms with Gasteiger partial charge in [-0.3, -0.25) is 0 Å². The Bertz CT molecular complexity index is 514. The van der Waals surface area contributed by atoms with Gasteiger partial charge in [0.05, 0.1) is 17.1 Å². The van der Waals surface area contributed by atoms with E-state index in [1.54, 1.807) is 0 Å². The van der Waals surface area contributed by atoms with Crippen molar-refractivity contribution in [2.45, 2.75) is 25.9 Å². The molecule has 0 saturated heterocycles. The van der Waals surface area contributed by atoms with Gasteiger partial charge in [-0.2, -0.15) is 0 Å². The van der Waals surface area contributed by atoms with Crippen molar-refractivity contribution in [3.05, 3.63) is 62.0 Å². The van der Waals surface area contributed by atoms with Crippen molar-refractivity contribution in [3.8, 4) is 11.1 Å². The molecule has 0 aliphatic rings. The van der Waals surface area contributed by atoms with Gasteiger partial charge in [0, 0.05) is 7.92 Å². The van der Waals surface area contributed by atoms with Crippen LogP contribution in [-0.4, -0.2) is 11.8 Å². The molecule has 0 amide bonds. The molecule has 0 aromatic heterocycles. The van der Waals surface area contributed by atoms with Crippen LogP contribution < -0.4 is 5.30 Å². The summed E-state index contributed by atoms with van der Waals surface area (Å²) in [4.78, 5) is 0. The first kappa shape index (κ1) is 19.5. The Labute approximate surface area is 139 Å². The summed E-state index contributed by atoms with van der Waals surface area (Å²) in [5, 5.41) is 1.88. The van der Waals surface area contributed by atoms with Crippen LogP contribution >= 0.6 is 7.92 Å². The molecular formula is C18H24PPd+. The second-order valence-corrected chi connectivity index (χ2v) is 8.99. The quantitative estimate of drug-likeness (QED) is 0.398. The zero-order chi connectivity index (χ0) is 13.2. The largest absolute Gasteiger partial charge is 2.00 e. The third kappa shape index (κ3) is 4.53. The molecule has 0 aliphatic heterocycles. The van der Waals surface area contributed by atoms with E-state index in [2.05, 4.69) is 69.9 Å². The first-order valence-corrected chi connectivity index (χ1v) is 8.40. The van der Waals surface area contributed by atoms with Crippen LogP contribution in [0.1, 0.15) is 20.8 Å². The van der Waals surface area contributed by atoms with Crippen molar-refractivity contribution in [3.63, 3.8) is 0 Å². The van der Waals surface area contributed by atoms with E-state index >= 15 is 0 Å². The van der Waals surface area contributed by atoms with E-state index in [4.69, 9.17) is 0 Å². The van der Waals surface area contributed by atoms with Gasteiger partial charge in [0.25, 0.3) is 0 Å². The average Bonchev–Trinajstić information content (AvgIpc) is 2.38. The Morgan fingerprint density at radius 3 is 2.10 bits per heavy atom. The van der Waals surface area contributed by atoms with Crippen LogP contribution in [0.3, 0.4) is 0 Å². The van der Waals surface area contributed by atoms with Gasteiger partial charge >= 0.3 is 20.4 Å². The fourth-order valence-corrected chi connectivity index (χ4v) is 3.79. The van der Waals surface area contributed by atoms with Gasteiger partial charge in [-0.05, 0) is 26.8 Å². The molecular weight excluding hydrogens is 354 g/mol. The second-order valence-electron chi connectivity index (χ2n) is 5.70. The van der Waals surface area contributed by atoms with Crippen LogP contribution in [0, 0.1) is 13.5 Å². The fourth-order valence-electron chi connectivity index (χ4n) is 2.01. The van der Waals surface area contributed by atoms with Crippen LogP contribution in [0.5, 0.6) is 0 Å². The van der Waals surface area contributed by atoms with E-state index in [0.29, 0.717) is 5.16 Å². The topological polar surface area (TPSA) is 0 Å². The Morgan fingerprint density at radius 1 is 0.950 bits per heavy atom. The Balaban J connectivity index is 0.00000180. The number of benzene rings is 2. The molecule has 0 fully saturated rings. The average molecular weight is 378 g/mol. The zero-order valence-corrected chi connectivity index (χ0v) is 15.5. The number of hydrogen-bond acceptors (Lipinski definition) is 0. The van der Waals surface area contributed by atoms with Gasteiger partial charge in [-0.1, -0.05) is 23.8 Å². The van der Waals surface area contributed by atoms with Crippen LogP contribution in [0.2, 0.25) is 0 Å². The number of hydrogen-bond donors (Lipinski definition) is 0. The predicted molar refractivity (Wildman–Crippen MR) is 90.8 cm³/mol. The molecule has 2 aromatic rings. The minimum atomic E-state index is -0.580. The standard InChI is InChI=1S/C17H20P.CH3.Pd/c1-17(2,3)18(4)16-13-9-8-12-15(16)14-10-6-5-7-11-14;;/h5-10,12-13H,1-4H3;1H3;/q2*-1;+2/p+1. The molecule has 110 valence electrons. The summed E-state index contributed by atoms with van der Waals surface area (Å²) < 4.78 is 0. The van der Waals surface area contributed by atoms with E-state index in [1.807, 2.05) is 12.1 Å². The molecule has 1 atom stereocenters. The van der Waals surface area contributed by atoms with Gasteiger partial charge in [0.1, 0.15) is 0 Å². The van der Waals surface area contributed by atoms with Crippen molar-refractivity contribution in [1.29, 1.82) is 0 Å². The van der Waals surface area contributed by atoms with Crippen molar-refractivity contribution in [1.82, 2.24) is 0 Å². The van der Waals surface area contributed by atoms with E-state index in [0.717, 1.165) is 0 Å². The minimum Gasteiger partial charge on any atom is -0.358 e. The first-order chi connectivity index (χ1) is 8.50. The van der Waals surface area contributed by atoms with Gasteiger partial charge < -0.3 is 7.43 Å². The predicted octanol–water partition coefficient (Wildman–Crippen LogP) is 4.87. The summed E-state index contributed by atoms with van der Waals surface area (Å²) >= 11 is 0. The van der Waals surface area contributed by atoms with E-state index < -0.39 is 7.92 Å². The Hall–Kier alpha value is -0.468. The molecule has 2 heteroatoms. The van der Waals surface area contributed by atoms with Gasteiger partial charge in [-0.15, -0.1) is 35.9 Å². The van der Waals surface area contributed by atoms with Crippen molar-refractivity contribution in [2.75, 3.05) is 6.66 Å². The van der Waals surface area contributed by atoms with Crippen LogP contribution in [0.15, 0.2) is 48.5 Å². The third-order valence-corrected chi connectivity index (χ3v) is 6.95. The van der Waals surface area contributed by atoms with Gasteiger partial charge in [0.15, 0.2) is 0 Å². The molecule has 1 unspecified atom stereocenters. The summed E-state index contributed by atoms with van der Waals surface area (Å²) in [5.74, 6) is 0. The molecule has 0 radical (unpaired) electrons. The molecule has 2 rings (SSSR count). The second kappa shape index (κ2) is 8.09. The number of rotatable bonds is 2. The minimum absolute atomic E-state index is 0. The van der Waals surface area contributed by atoms with Gasteiger partial charge in [-0.25, -0.2) is 0 Å². The molecule has 0 bridgehead atoms. The van der Waals surface area contributed by atoms with E-state index in [9.17, 15) is 0 Å². The maximum Gasteiger partial charge on any atom is 2.00 e. The summed E-state index contributed by atoms with van der Waals surface area (Å²) in [6.45, 7) is 9.43. The normalized spacial score (nSPS) is 12.0. The summed E-state index contributed by atoms with van der Waals surface area (Å²) in [6.07, 6.45) is 0. The molecule has 0 N–H and O–H groups in total. The fraction of sp³-hybridized carbons (Fsp3) is 0.278. The van der Waals surface area contributed by atoms with Crippen molar-refractivity contribution in [2.24, 2.45) is 0 Å². The molecule has 20 heavy (non-hydrogen) atoms. The Morgan fingerprint density at radius 2 is 1.55 bits per heavy atom. The molecule has 2 aromatic carbocycles. The maximum atomic E-state index is 3.35. The zero-order valence-electron chi connectivity index (χ0n) is 12.9. The summed E-state index contributed by atoms with van der Waals surface area (Å²) in [5.41, 5.74) is 2.56. The smallest absolute Gasteiger partial charge is 0.358 e. The van der Waals surface area contributed by atoms with E-state index in [-0.39, 0.29) is 27.8 Å². The Kier molecular flexibility index (Phi) is 7.90. The molecule has 0 saturated carbocycles. The molecule has 0 heterocycles. The van der Waals surface area contributed by atoms with Crippen molar-refractivity contribution < 1.29 is 20.4 Å². The van der Waals surface area contributed by atoms with Gasteiger partial charge in [0.2, 0.25) is 0 Å². The van der Waals surface area contributed by atoms with Crippen molar-refractivity contribution >= 4 is 13.2 Å². The molecule has 0 nitrogen and oxygen atoms in total. The van der Waals surface area contributed by atoms with Crippen LogP contribution in [0.25, 0.3) is 11.1 Å². The first-order valence-electron chi connectivity index (χ1n) is 6.40. The van der Waals surface area contributed by atoms with Crippen LogP contribution in [-0.2, 0) is 20.4 Å². The third-order valence-electron chi connectivity index (χ3n) is 3.46. The SMILES string of the molecule is C[PH+](c1ccccc1-c1[c-]cccc1)C(C)(C)C.[CH3-].[Pd+2]. The molecule has 0 aliphatic carbocycles. The summed E-state index contributed by atoms with van der Waals surface area (Å²) in [7, 11) is -0.580. The maximum absolute atomic E-state index is 3.35. The monoisotopic (exact) mass is 377 g/mol. The molecule has 0 spiro atoms. The summed E-state index contributed by atoms with van der Waals surface area (Å²) in [6, 6.07) is 20.4. The van der Waals surface area contributed by atoms with E-state index in [1.165, 1.54) is 16.4 Å². The van der Waals surface area contributed by atoms with Crippen LogP contribution in [0.4, 0.5) is 0 Å².